The second-order valence-electron chi connectivity index (χ2n) is 5.72. The van der Waals surface area contributed by atoms with Crippen molar-refractivity contribution in [3.8, 4) is 11.1 Å². The second-order valence-corrected chi connectivity index (χ2v) is 6.12. The Bertz CT molecular complexity index is 788. The molecule has 0 saturated carbocycles. The van der Waals surface area contributed by atoms with Crippen molar-refractivity contribution in [3.05, 3.63) is 59.7 Å². The molecule has 2 aromatic rings. The standard InChI is InChI=1S/C18H18O2.CH4.O3S/c1-12(2)18(19)20-11-17-15-9-5-3-7-13(15)14-8-4-6-10-16(14)17;;1-4(2)3/h3-10,12,17H,11H2,1-2H3;1H4;. The zero-order valence-electron chi connectivity index (χ0n) is 13.4. The molecule has 134 valence electrons. The smallest absolute Gasteiger partial charge is 0.425 e. The Kier molecular flexibility index (Phi) is 7.51. The van der Waals surface area contributed by atoms with Crippen molar-refractivity contribution < 1.29 is 22.2 Å². The number of esters is 1. The largest absolute Gasteiger partial charge is 0.464 e. The summed E-state index contributed by atoms with van der Waals surface area (Å²) in [4.78, 5) is 11.7. The SMILES string of the molecule is C.CC(C)C(=O)OCC1c2ccccc2-c2ccccc21.O=S(=O)=O. The maximum absolute atomic E-state index is 11.7. The molecule has 3 rings (SSSR count). The summed E-state index contributed by atoms with van der Waals surface area (Å²) in [6, 6.07) is 16.7. The predicted octanol–water partition coefficient (Wildman–Crippen LogP) is 3.63. The highest BCUT2D eigenvalue weighted by Gasteiger charge is 2.29. The van der Waals surface area contributed by atoms with E-state index in [9.17, 15) is 4.79 Å². The van der Waals surface area contributed by atoms with E-state index < -0.39 is 10.6 Å². The van der Waals surface area contributed by atoms with Crippen LogP contribution in [0.15, 0.2) is 48.5 Å². The van der Waals surface area contributed by atoms with Crippen molar-refractivity contribution >= 4 is 16.6 Å². The zero-order chi connectivity index (χ0) is 17.7. The van der Waals surface area contributed by atoms with E-state index in [1.807, 2.05) is 26.0 Å². The number of ether oxygens (including phenoxy) is 1. The van der Waals surface area contributed by atoms with Gasteiger partial charge < -0.3 is 4.74 Å². The number of hydrogen-bond acceptors (Lipinski definition) is 5. The first kappa shape index (κ1) is 20.6. The Balaban J connectivity index is 0.000000568. The number of benzene rings is 2. The van der Waals surface area contributed by atoms with Gasteiger partial charge in [0.2, 0.25) is 0 Å². The number of hydrogen-bond donors (Lipinski definition) is 0. The topological polar surface area (TPSA) is 77.5 Å². The molecule has 0 spiro atoms. The van der Waals surface area contributed by atoms with E-state index in [0.29, 0.717) is 6.61 Å². The van der Waals surface area contributed by atoms with E-state index in [1.165, 1.54) is 22.3 Å². The van der Waals surface area contributed by atoms with Crippen LogP contribution in [-0.4, -0.2) is 25.2 Å². The van der Waals surface area contributed by atoms with Gasteiger partial charge in [-0.2, -0.15) is 0 Å². The van der Waals surface area contributed by atoms with Crippen LogP contribution >= 0.6 is 0 Å². The Morgan fingerprint density at radius 1 is 0.960 bits per heavy atom. The molecule has 0 N–H and O–H groups in total. The summed E-state index contributed by atoms with van der Waals surface area (Å²) in [5.41, 5.74) is 5.03. The average Bonchev–Trinajstić information content (AvgIpc) is 2.86. The van der Waals surface area contributed by atoms with Crippen LogP contribution in [0.1, 0.15) is 38.3 Å². The van der Waals surface area contributed by atoms with Crippen molar-refractivity contribution in [1.82, 2.24) is 0 Å². The highest BCUT2D eigenvalue weighted by molar-refractivity contribution is 7.59. The highest BCUT2D eigenvalue weighted by Crippen LogP contribution is 2.44. The fourth-order valence-corrected chi connectivity index (χ4v) is 2.77. The molecule has 1 aliphatic carbocycles. The van der Waals surface area contributed by atoms with Crippen LogP contribution < -0.4 is 0 Å². The summed E-state index contributed by atoms with van der Waals surface area (Å²) in [5.74, 6) is -0.0566. The fourth-order valence-electron chi connectivity index (χ4n) is 2.77. The molecule has 0 saturated heterocycles. The van der Waals surface area contributed by atoms with Gasteiger partial charge in [-0.15, -0.1) is 12.6 Å². The number of fused-ring (bicyclic) bond motifs is 3. The molecule has 0 radical (unpaired) electrons. The van der Waals surface area contributed by atoms with Crippen LogP contribution in [0.5, 0.6) is 0 Å². The van der Waals surface area contributed by atoms with Crippen molar-refractivity contribution in [2.75, 3.05) is 6.61 Å². The Morgan fingerprint density at radius 3 is 1.76 bits per heavy atom. The lowest BCUT2D eigenvalue weighted by Gasteiger charge is -2.15. The molecule has 2 aromatic carbocycles. The lowest BCUT2D eigenvalue weighted by molar-refractivity contribution is -0.147. The van der Waals surface area contributed by atoms with Crippen LogP contribution in [0.2, 0.25) is 0 Å². The normalized spacial score (nSPS) is 11.5. The van der Waals surface area contributed by atoms with E-state index in [4.69, 9.17) is 17.4 Å². The van der Waals surface area contributed by atoms with Gasteiger partial charge in [-0.3, -0.25) is 4.79 Å². The summed E-state index contributed by atoms with van der Waals surface area (Å²) in [6.07, 6.45) is 0. The molecule has 0 heterocycles. The number of carbonyl (C=O) groups excluding carboxylic acids is 1. The van der Waals surface area contributed by atoms with Gasteiger partial charge in [-0.1, -0.05) is 69.8 Å². The lowest BCUT2D eigenvalue weighted by Crippen LogP contribution is -2.16. The van der Waals surface area contributed by atoms with Crippen LogP contribution in [-0.2, 0) is 20.1 Å². The minimum absolute atomic E-state index is 0. The van der Waals surface area contributed by atoms with Gasteiger partial charge in [0, 0.05) is 5.92 Å². The van der Waals surface area contributed by atoms with E-state index in [2.05, 4.69) is 36.4 Å². The fraction of sp³-hybridized carbons (Fsp3) is 0.316. The van der Waals surface area contributed by atoms with Crippen LogP contribution in [0.3, 0.4) is 0 Å². The molecule has 0 fully saturated rings. The first-order valence-corrected chi connectivity index (χ1v) is 8.53. The van der Waals surface area contributed by atoms with Crippen molar-refractivity contribution in [2.24, 2.45) is 5.92 Å². The maximum atomic E-state index is 11.7. The highest BCUT2D eigenvalue weighted by atomic mass is 32.2. The van der Waals surface area contributed by atoms with Crippen LogP contribution in [0.4, 0.5) is 0 Å². The molecule has 5 nitrogen and oxygen atoms in total. The van der Waals surface area contributed by atoms with E-state index in [-0.39, 0.29) is 25.2 Å². The zero-order valence-corrected chi connectivity index (χ0v) is 14.2. The first-order valence-electron chi connectivity index (χ1n) is 7.53. The van der Waals surface area contributed by atoms with Crippen molar-refractivity contribution in [1.29, 1.82) is 0 Å². The molecule has 0 unspecified atom stereocenters. The quantitative estimate of drug-likeness (QED) is 0.779. The van der Waals surface area contributed by atoms with Gasteiger partial charge >= 0.3 is 16.6 Å². The number of carbonyl (C=O) groups is 1. The van der Waals surface area contributed by atoms with E-state index >= 15 is 0 Å². The molecule has 1 aliphatic rings. The first-order chi connectivity index (χ1) is 11.4. The van der Waals surface area contributed by atoms with Crippen molar-refractivity contribution in [3.63, 3.8) is 0 Å². The van der Waals surface area contributed by atoms with Gasteiger partial charge in [0.25, 0.3) is 0 Å². The third-order valence-corrected chi connectivity index (χ3v) is 3.83. The van der Waals surface area contributed by atoms with E-state index in [0.717, 1.165) is 0 Å². The molecule has 0 aromatic heterocycles. The molecule has 25 heavy (non-hydrogen) atoms. The molecule has 0 atom stereocenters. The van der Waals surface area contributed by atoms with Gasteiger partial charge in [0.15, 0.2) is 0 Å². The monoisotopic (exact) mass is 362 g/mol. The van der Waals surface area contributed by atoms with Gasteiger partial charge in [0.05, 0.1) is 5.92 Å². The van der Waals surface area contributed by atoms with Gasteiger partial charge in [0.1, 0.15) is 6.61 Å². The summed E-state index contributed by atoms with van der Waals surface area (Å²) in [5, 5.41) is 0. The predicted molar refractivity (Wildman–Crippen MR) is 95.9 cm³/mol. The summed E-state index contributed by atoms with van der Waals surface area (Å²) >= 11 is 0. The number of rotatable bonds is 3. The Hall–Kier alpha value is -2.47. The Morgan fingerprint density at radius 2 is 1.36 bits per heavy atom. The average molecular weight is 362 g/mol. The molecule has 0 aliphatic heterocycles. The third kappa shape index (κ3) is 5.00. The Labute approximate surface area is 149 Å². The van der Waals surface area contributed by atoms with Gasteiger partial charge in [-0.25, -0.2) is 0 Å². The molecule has 0 bridgehead atoms. The summed E-state index contributed by atoms with van der Waals surface area (Å²) in [7, 11) is -3.11. The van der Waals surface area contributed by atoms with Crippen LogP contribution in [0, 0.1) is 5.92 Å². The van der Waals surface area contributed by atoms with Crippen molar-refractivity contribution in [2.45, 2.75) is 27.2 Å². The van der Waals surface area contributed by atoms with Crippen LogP contribution in [0.25, 0.3) is 11.1 Å². The molecular weight excluding hydrogens is 340 g/mol. The minimum atomic E-state index is -3.11. The molecule has 0 amide bonds. The van der Waals surface area contributed by atoms with E-state index in [1.54, 1.807) is 0 Å². The lowest BCUT2D eigenvalue weighted by atomic mass is 9.98. The van der Waals surface area contributed by atoms with Gasteiger partial charge in [-0.05, 0) is 22.3 Å². The maximum Gasteiger partial charge on any atom is 0.425 e. The summed E-state index contributed by atoms with van der Waals surface area (Å²) in [6.45, 7) is 4.14. The molecular formula is C19H22O5S. The molecule has 6 heteroatoms. The minimum Gasteiger partial charge on any atom is -0.464 e. The summed E-state index contributed by atoms with van der Waals surface area (Å²) < 4.78 is 30.8. The second kappa shape index (κ2) is 9.13. The third-order valence-electron chi connectivity index (χ3n) is 3.83.